The lowest BCUT2D eigenvalue weighted by Gasteiger charge is -2.27. The van der Waals surface area contributed by atoms with E-state index in [1.165, 1.54) is 6.08 Å². The van der Waals surface area contributed by atoms with Gasteiger partial charge < -0.3 is 0 Å². The Balaban J connectivity index is 1.83. The first-order chi connectivity index (χ1) is 13.1. The van der Waals surface area contributed by atoms with Gasteiger partial charge in [0.05, 0.1) is 10.7 Å². The predicted molar refractivity (Wildman–Crippen MR) is 104 cm³/mol. The van der Waals surface area contributed by atoms with Crippen LogP contribution in [0, 0.1) is 0 Å². The molecular formula is C21H13ClN2O3. The smallest absolute Gasteiger partial charge is 0.273 e. The van der Waals surface area contributed by atoms with Crippen LogP contribution in [0.2, 0.25) is 5.02 Å². The summed E-state index contributed by atoms with van der Waals surface area (Å²) in [5, 5.41) is 4.32. The SMILES string of the molecule is O=C1NC(=O)N(c2ccccc2Cl)C(=O)/C1=C/c1cccc2ccccc12. The zero-order chi connectivity index (χ0) is 19.0. The van der Waals surface area contributed by atoms with Crippen molar-refractivity contribution >= 4 is 52.0 Å². The molecule has 0 radical (unpaired) electrons. The summed E-state index contributed by atoms with van der Waals surface area (Å²) in [4.78, 5) is 38.4. The van der Waals surface area contributed by atoms with Crippen molar-refractivity contribution in [2.24, 2.45) is 0 Å². The fourth-order valence-corrected chi connectivity index (χ4v) is 3.26. The number of urea groups is 1. The number of hydrogen-bond donors (Lipinski definition) is 1. The van der Waals surface area contributed by atoms with E-state index in [1.54, 1.807) is 24.3 Å². The Morgan fingerprint density at radius 3 is 2.37 bits per heavy atom. The number of benzene rings is 3. The number of carbonyl (C=O) groups excluding carboxylic acids is 3. The molecule has 0 aliphatic carbocycles. The molecule has 0 saturated carbocycles. The molecule has 1 N–H and O–H groups in total. The lowest BCUT2D eigenvalue weighted by molar-refractivity contribution is -0.122. The second kappa shape index (κ2) is 6.70. The highest BCUT2D eigenvalue weighted by Crippen LogP contribution is 2.29. The van der Waals surface area contributed by atoms with E-state index in [1.807, 2.05) is 42.5 Å². The van der Waals surface area contributed by atoms with Crippen molar-refractivity contribution in [3.63, 3.8) is 0 Å². The van der Waals surface area contributed by atoms with Gasteiger partial charge in [0.15, 0.2) is 0 Å². The van der Waals surface area contributed by atoms with E-state index in [0.29, 0.717) is 5.56 Å². The summed E-state index contributed by atoms with van der Waals surface area (Å²) in [6, 6.07) is 18.9. The van der Waals surface area contributed by atoms with E-state index in [0.717, 1.165) is 15.7 Å². The molecule has 1 fully saturated rings. The molecule has 1 saturated heterocycles. The third-order valence-corrected chi connectivity index (χ3v) is 4.64. The summed E-state index contributed by atoms with van der Waals surface area (Å²) in [5.41, 5.74) is 0.795. The van der Waals surface area contributed by atoms with Gasteiger partial charge in [0, 0.05) is 0 Å². The normalized spacial score (nSPS) is 16.1. The summed E-state index contributed by atoms with van der Waals surface area (Å²) in [6.07, 6.45) is 1.50. The summed E-state index contributed by atoms with van der Waals surface area (Å²) in [7, 11) is 0. The van der Waals surface area contributed by atoms with E-state index >= 15 is 0 Å². The Morgan fingerprint density at radius 1 is 0.852 bits per heavy atom. The van der Waals surface area contributed by atoms with Crippen molar-refractivity contribution in [1.29, 1.82) is 0 Å². The molecule has 5 nitrogen and oxygen atoms in total. The van der Waals surface area contributed by atoms with Crippen molar-refractivity contribution in [2.45, 2.75) is 0 Å². The molecule has 1 heterocycles. The average molecular weight is 377 g/mol. The first-order valence-corrected chi connectivity index (χ1v) is 8.58. The van der Waals surface area contributed by atoms with Crippen molar-refractivity contribution < 1.29 is 14.4 Å². The fourth-order valence-electron chi connectivity index (χ4n) is 3.04. The minimum Gasteiger partial charge on any atom is -0.273 e. The predicted octanol–water partition coefficient (Wildman–Crippen LogP) is 4.16. The number of imide groups is 2. The molecule has 27 heavy (non-hydrogen) atoms. The number of para-hydroxylation sites is 1. The lowest BCUT2D eigenvalue weighted by Crippen LogP contribution is -2.54. The molecule has 6 heteroatoms. The van der Waals surface area contributed by atoms with E-state index < -0.39 is 17.8 Å². The highest BCUT2D eigenvalue weighted by Gasteiger charge is 2.37. The third kappa shape index (κ3) is 2.98. The first kappa shape index (κ1) is 17.0. The molecule has 0 unspecified atom stereocenters. The van der Waals surface area contributed by atoms with Gasteiger partial charge in [-0.25, -0.2) is 9.69 Å². The van der Waals surface area contributed by atoms with Crippen molar-refractivity contribution in [1.82, 2.24) is 5.32 Å². The van der Waals surface area contributed by atoms with Crippen LogP contribution in [-0.4, -0.2) is 17.8 Å². The molecule has 4 amide bonds. The second-order valence-electron chi connectivity index (χ2n) is 5.98. The summed E-state index contributed by atoms with van der Waals surface area (Å²) < 4.78 is 0. The Hall–Kier alpha value is -3.44. The van der Waals surface area contributed by atoms with Gasteiger partial charge in [-0.2, -0.15) is 0 Å². The standard InChI is InChI=1S/C21H13ClN2O3/c22-17-10-3-4-11-18(17)24-20(26)16(19(25)23-21(24)27)12-14-8-5-7-13-6-1-2-9-15(13)14/h1-12H,(H,23,25,27)/b16-12+. The molecule has 0 aromatic heterocycles. The minimum absolute atomic E-state index is 0.133. The van der Waals surface area contributed by atoms with Crippen LogP contribution in [0.3, 0.4) is 0 Å². The van der Waals surface area contributed by atoms with Gasteiger partial charge in [0.2, 0.25) is 0 Å². The summed E-state index contributed by atoms with van der Waals surface area (Å²) >= 11 is 6.13. The number of halogens is 1. The van der Waals surface area contributed by atoms with E-state index in [9.17, 15) is 14.4 Å². The Kier molecular flexibility index (Phi) is 4.22. The lowest BCUT2D eigenvalue weighted by atomic mass is 10.0. The van der Waals surface area contributed by atoms with Crippen LogP contribution in [0.5, 0.6) is 0 Å². The van der Waals surface area contributed by atoms with Gasteiger partial charge >= 0.3 is 6.03 Å². The molecule has 3 aromatic carbocycles. The van der Waals surface area contributed by atoms with Crippen LogP contribution in [0.25, 0.3) is 16.8 Å². The molecule has 0 bridgehead atoms. The topological polar surface area (TPSA) is 66.5 Å². The zero-order valence-corrected chi connectivity index (χ0v) is 14.7. The second-order valence-corrected chi connectivity index (χ2v) is 6.38. The van der Waals surface area contributed by atoms with Gasteiger partial charge in [-0.3, -0.25) is 14.9 Å². The number of barbiturate groups is 1. The molecular weight excluding hydrogens is 364 g/mol. The maximum absolute atomic E-state index is 13.0. The zero-order valence-electron chi connectivity index (χ0n) is 14.0. The van der Waals surface area contributed by atoms with Gasteiger partial charge in [-0.05, 0) is 34.5 Å². The number of rotatable bonds is 2. The largest absolute Gasteiger partial charge is 0.335 e. The summed E-state index contributed by atoms with van der Waals surface area (Å²) in [6.45, 7) is 0. The quantitative estimate of drug-likeness (QED) is 0.539. The van der Waals surface area contributed by atoms with Crippen molar-refractivity contribution in [3.8, 4) is 0 Å². The Morgan fingerprint density at radius 2 is 1.56 bits per heavy atom. The molecule has 4 rings (SSSR count). The van der Waals surface area contributed by atoms with Crippen LogP contribution >= 0.6 is 11.6 Å². The monoisotopic (exact) mass is 376 g/mol. The maximum Gasteiger partial charge on any atom is 0.335 e. The molecule has 0 spiro atoms. The molecule has 0 atom stereocenters. The molecule has 1 aliphatic rings. The Bertz CT molecular complexity index is 1130. The van der Waals surface area contributed by atoms with Gasteiger partial charge in [0.1, 0.15) is 5.57 Å². The molecule has 3 aromatic rings. The number of amides is 4. The fraction of sp³-hybridized carbons (Fsp3) is 0. The van der Waals surface area contributed by atoms with Crippen LogP contribution in [0.4, 0.5) is 10.5 Å². The van der Waals surface area contributed by atoms with Crippen LogP contribution in [0.15, 0.2) is 72.3 Å². The number of nitrogens with one attached hydrogen (secondary N) is 1. The number of carbonyl (C=O) groups is 3. The highest BCUT2D eigenvalue weighted by molar-refractivity contribution is 6.42. The van der Waals surface area contributed by atoms with E-state index in [2.05, 4.69) is 5.32 Å². The van der Waals surface area contributed by atoms with Crippen LogP contribution in [0.1, 0.15) is 5.56 Å². The first-order valence-electron chi connectivity index (χ1n) is 8.20. The number of nitrogens with zero attached hydrogens (tertiary/aromatic N) is 1. The number of anilines is 1. The molecule has 132 valence electrons. The van der Waals surface area contributed by atoms with Crippen molar-refractivity contribution in [3.05, 3.63) is 82.9 Å². The highest BCUT2D eigenvalue weighted by atomic mass is 35.5. The maximum atomic E-state index is 13.0. The van der Waals surface area contributed by atoms with Crippen LogP contribution < -0.4 is 10.2 Å². The number of fused-ring (bicyclic) bond motifs is 1. The Labute approximate surface area is 159 Å². The van der Waals surface area contributed by atoms with Crippen molar-refractivity contribution in [2.75, 3.05) is 4.90 Å². The average Bonchev–Trinajstić information content (AvgIpc) is 2.66. The summed E-state index contributed by atoms with van der Waals surface area (Å²) in [5.74, 6) is -1.45. The van der Waals surface area contributed by atoms with E-state index in [-0.39, 0.29) is 16.3 Å². The van der Waals surface area contributed by atoms with Gasteiger partial charge in [-0.1, -0.05) is 66.2 Å². The molecule has 1 aliphatic heterocycles. The minimum atomic E-state index is -0.826. The van der Waals surface area contributed by atoms with Gasteiger partial charge in [0.25, 0.3) is 11.8 Å². The van der Waals surface area contributed by atoms with Gasteiger partial charge in [-0.15, -0.1) is 0 Å². The van der Waals surface area contributed by atoms with E-state index in [4.69, 9.17) is 11.6 Å². The third-order valence-electron chi connectivity index (χ3n) is 4.32. The van der Waals surface area contributed by atoms with Crippen LogP contribution in [-0.2, 0) is 9.59 Å². The number of hydrogen-bond acceptors (Lipinski definition) is 3.